The summed E-state index contributed by atoms with van der Waals surface area (Å²) in [5.41, 5.74) is 8.80. The molecular weight excluding hydrogens is 260 g/mol. The fourth-order valence-electron chi connectivity index (χ4n) is 2.22. The topological polar surface area (TPSA) is 35.2 Å². The Kier molecular flexibility index (Phi) is 4.35. The molecule has 1 unspecified atom stereocenters. The Labute approximate surface area is 117 Å². The van der Waals surface area contributed by atoms with Crippen molar-refractivity contribution in [1.29, 1.82) is 0 Å². The van der Waals surface area contributed by atoms with Crippen LogP contribution in [0.3, 0.4) is 0 Å². The molecule has 0 aliphatic heterocycles. The van der Waals surface area contributed by atoms with Crippen LogP contribution in [0.15, 0.2) is 36.4 Å². The van der Waals surface area contributed by atoms with E-state index in [0.717, 1.165) is 22.9 Å². The molecule has 0 aromatic heterocycles. The molecule has 0 bridgehead atoms. The van der Waals surface area contributed by atoms with Crippen LogP contribution in [0.4, 0.5) is 8.78 Å². The third-order valence-corrected chi connectivity index (χ3v) is 3.32. The number of rotatable bonds is 4. The molecule has 20 heavy (non-hydrogen) atoms. The van der Waals surface area contributed by atoms with Crippen LogP contribution in [-0.2, 0) is 6.42 Å². The molecule has 0 spiro atoms. The van der Waals surface area contributed by atoms with E-state index >= 15 is 0 Å². The van der Waals surface area contributed by atoms with Crippen molar-refractivity contribution in [2.45, 2.75) is 19.4 Å². The first-order valence-corrected chi connectivity index (χ1v) is 6.35. The largest absolute Gasteiger partial charge is 0.497 e. The van der Waals surface area contributed by atoms with E-state index in [1.165, 1.54) is 6.07 Å². The van der Waals surface area contributed by atoms with Crippen LogP contribution in [0, 0.1) is 18.6 Å². The Morgan fingerprint density at radius 1 is 1.10 bits per heavy atom. The number of hydrogen-bond donors (Lipinski definition) is 1. The summed E-state index contributed by atoms with van der Waals surface area (Å²) in [4.78, 5) is 0. The first-order valence-electron chi connectivity index (χ1n) is 6.35. The van der Waals surface area contributed by atoms with Crippen molar-refractivity contribution in [3.8, 4) is 5.75 Å². The molecule has 2 rings (SSSR count). The molecule has 106 valence electrons. The van der Waals surface area contributed by atoms with Gasteiger partial charge in [0.2, 0.25) is 0 Å². The molecule has 0 aliphatic rings. The molecule has 0 saturated heterocycles. The summed E-state index contributed by atoms with van der Waals surface area (Å²) in [6.07, 6.45) is 0.449. The summed E-state index contributed by atoms with van der Waals surface area (Å²) >= 11 is 0. The van der Waals surface area contributed by atoms with Crippen molar-refractivity contribution < 1.29 is 13.5 Å². The number of hydrogen-bond acceptors (Lipinski definition) is 2. The van der Waals surface area contributed by atoms with Crippen LogP contribution >= 0.6 is 0 Å². The molecule has 1 atom stereocenters. The first-order chi connectivity index (χ1) is 9.51. The van der Waals surface area contributed by atoms with Gasteiger partial charge < -0.3 is 10.5 Å². The van der Waals surface area contributed by atoms with Gasteiger partial charge in [-0.1, -0.05) is 12.1 Å². The molecule has 2 aromatic carbocycles. The fraction of sp³-hybridized carbons (Fsp3) is 0.250. The zero-order chi connectivity index (χ0) is 14.7. The summed E-state index contributed by atoms with van der Waals surface area (Å²) < 4.78 is 31.2. The smallest absolute Gasteiger partial charge is 0.159 e. The molecule has 0 heterocycles. The number of benzene rings is 2. The van der Waals surface area contributed by atoms with E-state index in [4.69, 9.17) is 10.5 Å². The van der Waals surface area contributed by atoms with Crippen LogP contribution in [0.25, 0.3) is 0 Å². The van der Waals surface area contributed by atoms with E-state index < -0.39 is 11.6 Å². The van der Waals surface area contributed by atoms with Gasteiger partial charge >= 0.3 is 0 Å². The average Bonchev–Trinajstić information content (AvgIpc) is 2.42. The quantitative estimate of drug-likeness (QED) is 0.928. The third-order valence-electron chi connectivity index (χ3n) is 3.32. The minimum Gasteiger partial charge on any atom is -0.497 e. The lowest BCUT2D eigenvalue weighted by molar-refractivity contribution is 0.414. The lowest BCUT2D eigenvalue weighted by Crippen LogP contribution is -2.15. The van der Waals surface area contributed by atoms with E-state index in [9.17, 15) is 8.78 Å². The number of halogens is 2. The highest BCUT2D eigenvalue weighted by atomic mass is 19.2. The molecule has 0 radical (unpaired) electrons. The maximum Gasteiger partial charge on any atom is 0.159 e. The molecular formula is C16H17F2NO. The van der Waals surface area contributed by atoms with Crippen molar-refractivity contribution in [2.75, 3.05) is 7.11 Å². The number of aryl methyl sites for hydroxylation is 1. The lowest BCUT2D eigenvalue weighted by atomic mass is 9.96. The summed E-state index contributed by atoms with van der Waals surface area (Å²) in [5.74, 6) is -0.921. The number of nitrogens with two attached hydrogens (primary N) is 1. The summed E-state index contributed by atoms with van der Waals surface area (Å²) in [7, 11) is 1.61. The monoisotopic (exact) mass is 277 g/mol. The summed E-state index contributed by atoms with van der Waals surface area (Å²) in [6, 6.07) is 9.24. The highest BCUT2D eigenvalue weighted by Gasteiger charge is 2.12. The summed E-state index contributed by atoms with van der Waals surface area (Å²) in [6.45, 7) is 1.95. The van der Waals surface area contributed by atoms with Gasteiger partial charge in [-0.05, 0) is 54.3 Å². The number of ether oxygens (including phenoxy) is 1. The zero-order valence-electron chi connectivity index (χ0n) is 11.5. The average molecular weight is 277 g/mol. The van der Waals surface area contributed by atoms with Gasteiger partial charge in [-0.3, -0.25) is 0 Å². The van der Waals surface area contributed by atoms with Gasteiger partial charge in [0.15, 0.2) is 11.6 Å². The molecule has 2 N–H and O–H groups in total. The predicted octanol–water partition coefficient (Wildman–Crippen LogP) is 3.52. The van der Waals surface area contributed by atoms with Crippen LogP contribution in [0.1, 0.15) is 22.7 Å². The van der Waals surface area contributed by atoms with Crippen molar-refractivity contribution >= 4 is 0 Å². The van der Waals surface area contributed by atoms with Crippen LogP contribution in [0.2, 0.25) is 0 Å². The predicted molar refractivity (Wildman–Crippen MR) is 74.7 cm³/mol. The molecule has 0 amide bonds. The van der Waals surface area contributed by atoms with E-state index in [-0.39, 0.29) is 6.04 Å². The molecule has 2 nitrogen and oxygen atoms in total. The van der Waals surface area contributed by atoms with Crippen LogP contribution < -0.4 is 10.5 Å². The second kappa shape index (κ2) is 6.01. The van der Waals surface area contributed by atoms with Gasteiger partial charge in [-0.15, -0.1) is 0 Å². The first kappa shape index (κ1) is 14.5. The maximum absolute atomic E-state index is 13.2. The van der Waals surface area contributed by atoms with Gasteiger partial charge in [0.05, 0.1) is 7.11 Å². The Morgan fingerprint density at radius 2 is 1.85 bits per heavy atom. The number of methoxy groups -OCH3 is 1. The Morgan fingerprint density at radius 3 is 2.45 bits per heavy atom. The molecule has 0 saturated carbocycles. The highest BCUT2D eigenvalue weighted by Crippen LogP contribution is 2.24. The van der Waals surface area contributed by atoms with Gasteiger partial charge in [0.1, 0.15) is 5.75 Å². The van der Waals surface area contributed by atoms with Gasteiger partial charge in [0.25, 0.3) is 0 Å². The van der Waals surface area contributed by atoms with Crippen molar-refractivity contribution in [2.24, 2.45) is 5.73 Å². The van der Waals surface area contributed by atoms with Crippen LogP contribution in [-0.4, -0.2) is 7.11 Å². The van der Waals surface area contributed by atoms with Crippen molar-refractivity contribution in [1.82, 2.24) is 0 Å². The van der Waals surface area contributed by atoms with E-state index in [1.807, 2.05) is 25.1 Å². The fourth-order valence-corrected chi connectivity index (χ4v) is 2.22. The standard InChI is InChI=1S/C16H17F2NO/c1-10-7-12(20-2)4-5-13(10)16(19)9-11-3-6-14(17)15(18)8-11/h3-8,16H,9,19H2,1-2H3. The Hall–Kier alpha value is -1.94. The van der Waals surface area contributed by atoms with Gasteiger partial charge in [0, 0.05) is 6.04 Å². The van der Waals surface area contributed by atoms with Crippen molar-refractivity contribution in [3.05, 3.63) is 64.7 Å². The van der Waals surface area contributed by atoms with Crippen molar-refractivity contribution in [3.63, 3.8) is 0 Å². The third kappa shape index (κ3) is 3.14. The van der Waals surface area contributed by atoms with Gasteiger partial charge in [-0.2, -0.15) is 0 Å². The lowest BCUT2D eigenvalue weighted by Gasteiger charge is -2.16. The second-order valence-electron chi connectivity index (χ2n) is 4.78. The Balaban J connectivity index is 2.19. The highest BCUT2D eigenvalue weighted by molar-refractivity contribution is 5.37. The maximum atomic E-state index is 13.2. The molecule has 4 heteroatoms. The summed E-state index contributed by atoms with van der Waals surface area (Å²) in [5, 5.41) is 0. The van der Waals surface area contributed by atoms with Crippen LogP contribution in [0.5, 0.6) is 5.75 Å². The van der Waals surface area contributed by atoms with E-state index in [1.54, 1.807) is 13.2 Å². The molecule has 0 aliphatic carbocycles. The van der Waals surface area contributed by atoms with E-state index in [0.29, 0.717) is 12.0 Å². The SMILES string of the molecule is COc1ccc(C(N)Cc2ccc(F)c(F)c2)c(C)c1. The van der Waals surface area contributed by atoms with Gasteiger partial charge in [-0.25, -0.2) is 8.78 Å². The minimum absolute atomic E-state index is 0.272. The van der Waals surface area contributed by atoms with E-state index in [2.05, 4.69) is 0 Å². The normalized spacial score (nSPS) is 12.2. The molecule has 0 fully saturated rings. The minimum atomic E-state index is -0.846. The second-order valence-corrected chi connectivity index (χ2v) is 4.78. The Bertz CT molecular complexity index is 613. The zero-order valence-corrected chi connectivity index (χ0v) is 11.5. The molecule has 2 aromatic rings.